The van der Waals surface area contributed by atoms with Gasteiger partial charge in [-0.3, -0.25) is 9.78 Å². The Labute approximate surface area is 108 Å². The zero-order valence-electron chi connectivity index (χ0n) is 10.9. The number of aromatic nitrogens is 1. The van der Waals surface area contributed by atoms with E-state index in [4.69, 9.17) is 0 Å². The highest BCUT2D eigenvalue weighted by Gasteiger charge is 2.21. The van der Waals surface area contributed by atoms with Crippen LogP contribution in [0.3, 0.4) is 0 Å². The standard InChI is InChI=1S/C13H20N4O/c1-17(2)12-5-7-15-9-11(12)16-13(18)10-4-3-6-14-8-10/h5,7,9-10,14H,3-4,6,8H2,1-2H3,(H,16,18)/t10-/m1/s1. The average Bonchev–Trinajstić information content (AvgIpc) is 2.40. The Balaban J connectivity index is 2.06. The van der Waals surface area contributed by atoms with Crippen molar-refractivity contribution in [3.63, 3.8) is 0 Å². The minimum absolute atomic E-state index is 0.0639. The number of pyridine rings is 1. The fraction of sp³-hybridized carbons (Fsp3) is 0.538. The van der Waals surface area contributed by atoms with Crippen molar-refractivity contribution in [3.05, 3.63) is 18.5 Å². The molecule has 1 saturated heterocycles. The van der Waals surface area contributed by atoms with E-state index in [2.05, 4.69) is 15.6 Å². The molecule has 0 radical (unpaired) electrons. The van der Waals surface area contributed by atoms with Crippen molar-refractivity contribution in [1.29, 1.82) is 0 Å². The number of carbonyl (C=O) groups excluding carboxylic acids is 1. The maximum Gasteiger partial charge on any atom is 0.228 e. The molecule has 0 saturated carbocycles. The molecule has 1 fully saturated rings. The molecule has 0 aliphatic carbocycles. The second-order valence-corrected chi connectivity index (χ2v) is 4.82. The highest BCUT2D eigenvalue weighted by molar-refractivity contribution is 5.95. The van der Waals surface area contributed by atoms with Crippen molar-refractivity contribution in [2.75, 3.05) is 37.4 Å². The number of carbonyl (C=O) groups is 1. The molecule has 1 amide bonds. The fourth-order valence-corrected chi connectivity index (χ4v) is 2.18. The lowest BCUT2D eigenvalue weighted by Gasteiger charge is -2.23. The number of nitrogens with zero attached hydrogens (tertiary/aromatic N) is 2. The summed E-state index contributed by atoms with van der Waals surface area (Å²) in [7, 11) is 3.90. The zero-order chi connectivity index (χ0) is 13.0. The monoisotopic (exact) mass is 248 g/mol. The third-order valence-corrected chi connectivity index (χ3v) is 3.21. The van der Waals surface area contributed by atoms with Crippen molar-refractivity contribution in [2.24, 2.45) is 5.92 Å². The van der Waals surface area contributed by atoms with Gasteiger partial charge < -0.3 is 15.5 Å². The zero-order valence-corrected chi connectivity index (χ0v) is 10.9. The van der Waals surface area contributed by atoms with Gasteiger partial charge >= 0.3 is 0 Å². The van der Waals surface area contributed by atoms with E-state index in [1.165, 1.54) is 0 Å². The van der Waals surface area contributed by atoms with Crippen LogP contribution in [-0.4, -0.2) is 38.1 Å². The Morgan fingerprint density at radius 1 is 1.56 bits per heavy atom. The quantitative estimate of drug-likeness (QED) is 0.840. The van der Waals surface area contributed by atoms with Crippen LogP contribution in [0.4, 0.5) is 11.4 Å². The largest absolute Gasteiger partial charge is 0.376 e. The van der Waals surface area contributed by atoms with Gasteiger partial charge in [0.1, 0.15) is 0 Å². The molecule has 1 aliphatic rings. The molecule has 1 aliphatic heterocycles. The maximum absolute atomic E-state index is 12.1. The van der Waals surface area contributed by atoms with Crippen LogP contribution in [0.15, 0.2) is 18.5 Å². The van der Waals surface area contributed by atoms with Gasteiger partial charge in [-0.15, -0.1) is 0 Å². The topological polar surface area (TPSA) is 57.3 Å². The molecule has 2 rings (SSSR count). The van der Waals surface area contributed by atoms with Gasteiger partial charge in [0, 0.05) is 26.8 Å². The van der Waals surface area contributed by atoms with Crippen molar-refractivity contribution in [3.8, 4) is 0 Å². The number of nitrogens with one attached hydrogen (secondary N) is 2. The maximum atomic E-state index is 12.1. The lowest BCUT2D eigenvalue weighted by molar-refractivity contribution is -0.120. The van der Waals surface area contributed by atoms with Crippen molar-refractivity contribution in [2.45, 2.75) is 12.8 Å². The summed E-state index contributed by atoms with van der Waals surface area (Å²) in [6, 6.07) is 1.90. The Kier molecular flexibility index (Phi) is 4.15. The van der Waals surface area contributed by atoms with Gasteiger partial charge in [-0.25, -0.2) is 0 Å². The Hall–Kier alpha value is -1.62. The first-order valence-corrected chi connectivity index (χ1v) is 6.31. The van der Waals surface area contributed by atoms with E-state index in [9.17, 15) is 4.79 Å². The second kappa shape index (κ2) is 5.82. The predicted molar refractivity (Wildman–Crippen MR) is 72.8 cm³/mol. The van der Waals surface area contributed by atoms with Crippen molar-refractivity contribution < 1.29 is 4.79 Å². The molecule has 2 heterocycles. The predicted octanol–water partition coefficient (Wildman–Crippen LogP) is 1.09. The van der Waals surface area contributed by atoms with Crippen LogP contribution in [0.25, 0.3) is 0 Å². The third kappa shape index (κ3) is 2.98. The minimum atomic E-state index is 0.0639. The van der Waals surface area contributed by atoms with Gasteiger partial charge in [-0.1, -0.05) is 0 Å². The fourth-order valence-electron chi connectivity index (χ4n) is 2.18. The summed E-state index contributed by atoms with van der Waals surface area (Å²) in [5.41, 5.74) is 1.75. The Bertz CT molecular complexity index is 413. The number of amides is 1. The van der Waals surface area contributed by atoms with Crippen LogP contribution in [0.2, 0.25) is 0 Å². The highest BCUT2D eigenvalue weighted by Crippen LogP contribution is 2.23. The summed E-state index contributed by atoms with van der Waals surface area (Å²) in [6.45, 7) is 1.78. The van der Waals surface area contributed by atoms with Crippen molar-refractivity contribution in [1.82, 2.24) is 10.3 Å². The molecule has 1 atom stereocenters. The van der Waals surface area contributed by atoms with Crippen molar-refractivity contribution >= 4 is 17.3 Å². The lowest BCUT2D eigenvalue weighted by Crippen LogP contribution is -2.37. The van der Waals surface area contributed by atoms with Crippen LogP contribution >= 0.6 is 0 Å². The second-order valence-electron chi connectivity index (χ2n) is 4.82. The molecular weight excluding hydrogens is 228 g/mol. The lowest BCUT2D eigenvalue weighted by atomic mass is 9.99. The molecule has 2 N–H and O–H groups in total. The van der Waals surface area contributed by atoms with Gasteiger partial charge in [0.25, 0.3) is 0 Å². The molecule has 0 spiro atoms. The molecule has 5 nitrogen and oxygen atoms in total. The van der Waals surface area contributed by atoms with Gasteiger partial charge in [-0.2, -0.15) is 0 Å². The first kappa shape index (κ1) is 12.8. The summed E-state index contributed by atoms with van der Waals surface area (Å²) >= 11 is 0. The van der Waals surface area contributed by atoms with E-state index in [1.807, 2.05) is 25.1 Å². The van der Waals surface area contributed by atoms with E-state index < -0.39 is 0 Å². The normalized spacial score (nSPS) is 19.3. The Morgan fingerprint density at radius 2 is 2.39 bits per heavy atom. The molecule has 1 aromatic heterocycles. The molecule has 0 aromatic carbocycles. The Morgan fingerprint density at radius 3 is 3.06 bits per heavy atom. The van der Waals surface area contributed by atoms with Gasteiger partial charge in [0.15, 0.2) is 0 Å². The van der Waals surface area contributed by atoms with Gasteiger partial charge in [-0.05, 0) is 25.5 Å². The number of anilines is 2. The number of hydrogen-bond acceptors (Lipinski definition) is 4. The van der Waals surface area contributed by atoms with Crippen LogP contribution in [-0.2, 0) is 4.79 Å². The number of rotatable bonds is 3. The SMILES string of the molecule is CN(C)c1ccncc1NC(=O)[C@@H]1CCCNC1. The number of hydrogen-bond donors (Lipinski definition) is 2. The number of piperidine rings is 1. The molecule has 5 heteroatoms. The molecule has 18 heavy (non-hydrogen) atoms. The first-order chi connectivity index (χ1) is 8.68. The highest BCUT2D eigenvalue weighted by atomic mass is 16.1. The third-order valence-electron chi connectivity index (χ3n) is 3.21. The summed E-state index contributed by atoms with van der Waals surface area (Å²) in [4.78, 5) is 18.2. The van der Waals surface area contributed by atoms with Crippen LogP contribution in [0.1, 0.15) is 12.8 Å². The molecular formula is C13H20N4O. The summed E-state index contributed by atoms with van der Waals surface area (Å²) in [5.74, 6) is 0.146. The molecule has 1 aromatic rings. The van der Waals surface area contributed by atoms with Crippen LogP contribution < -0.4 is 15.5 Å². The van der Waals surface area contributed by atoms with E-state index in [0.717, 1.165) is 37.3 Å². The van der Waals surface area contributed by atoms with E-state index in [0.29, 0.717) is 0 Å². The summed E-state index contributed by atoms with van der Waals surface area (Å²) in [6.07, 6.45) is 5.44. The molecule has 0 bridgehead atoms. The van der Waals surface area contributed by atoms with Crippen LogP contribution in [0, 0.1) is 5.92 Å². The summed E-state index contributed by atoms with van der Waals surface area (Å²) in [5, 5.41) is 6.23. The smallest absolute Gasteiger partial charge is 0.228 e. The van der Waals surface area contributed by atoms with E-state index >= 15 is 0 Å². The van der Waals surface area contributed by atoms with E-state index in [-0.39, 0.29) is 11.8 Å². The average molecular weight is 248 g/mol. The van der Waals surface area contributed by atoms with Gasteiger partial charge in [0.05, 0.1) is 23.5 Å². The van der Waals surface area contributed by atoms with Gasteiger partial charge in [0.2, 0.25) is 5.91 Å². The molecule has 98 valence electrons. The first-order valence-electron chi connectivity index (χ1n) is 6.31. The summed E-state index contributed by atoms with van der Waals surface area (Å²) < 4.78 is 0. The van der Waals surface area contributed by atoms with E-state index in [1.54, 1.807) is 12.4 Å². The van der Waals surface area contributed by atoms with Crippen LogP contribution in [0.5, 0.6) is 0 Å². The molecule has 0 unspecified atom stereocenters. The minimum Gasteiger partial charge on any atom is -0.376 e.